The van der Waals surface area contributed by atoms with Gasteiger partial charge in [-0.25, -0.2) is 0 Å². The third-order valence-electron chi connectivity index (χ3n) is 2.61. The van der Waals surface area contributed by atoms with E-state index in [4.69, 9.17) is 0 Å². The van der Waals surface area contributed by atoms with Gasteiger partial charge in [-0.15, -0.1) is 0 Å². The molecule has 1 aromatic rings. The van der Waals surface area contributed by atoms with Gasteiger partial charge in [0.2, 0.25) is 0 Å². The molecule has 1 aromatic carbocycles. The number of anilines is 1. The molecule has 0 radical (unpaired) electrons. The van der Waals surface area contributed by atoms with Crippen LogP contribution in [0.25, 0.3) is 0 Å². The SMILES string of the molecule is CC(CNc1ccccc1)=C1CNC1. The van der Waals surface area contributed by atoms with Crippen LogP contribution in [0.2, 0.25) is 0 Å². The molecule has 2 heteroatoms. The van der Waals surface area contributed by atoms with Crippen molar-refractivity contribution >= 4 is 5.69 Å². The van der Waals surface area contributed by atoms with Crippen LogP contribution in [0.4, 0.5) is 5.69 Å². The number of benzene rings is 1. The molecule has 0 aliphatic carbocycles. The highest BCUT2D eigenvalue weighted by atomic mass is 14.9. The summed E-state index contributed by atoms with van der Waals surface area (Å²) >= 11 is 0. The standard InChI is InChI=1S/C12H16N2/c1-10(11-8-13-9-11)7-14-12-5-3-2-4-6-12/h2-6,13-14H,7-9H2,1H3. The van der Waals surface area contributed by atoms with Gasteiger partial charge in [0.1, 0.15) is 0 Å². The Hall–Kier alpha value is -1.28. The van der Waals surface area contributed by atoms with E-state index < -0.39 is 0 Å². The Bertz CT molecular complexity index is 321. The zero-order valence-electron chi connectivity index (χ0n) is 8.51. The Morgan fingerprint density at radius 2 is 2.00 bits per heavy atom. The average molecular weight is 188 g/mol. The lowest BCUT2D eigenvalue weighted by Gasteiger charge is -2.22. The van der Waals surface area contributed by atoms with E-state index in [-0.39, 0.29) is 0 Å². The fourth-order valence-corrected chi connectivity index (χ4v) is 1.47. The van der Waals surface area contributed by atoms with Gasteiger partial charge in [-0.1, -0.05) is 23.8 Å². The first-order valence-electron chi connectivity index (χ1n) is 5.03. The normalized spacial score (nSPS) is 14.8. The third kappa shape index (κ3) is 2.15. The van der Waals surface area contributed by atoms with Gasteiger partial charge in [-0.3, -0.25) is 0 Å². The van der Waals surface area contributed by atoms with E-state index in [9.17, 15) is 0 Å². The van der Waals surface area contributed by atoms with E-state index in [1.54, 1.807) is 5.57 Å². The minimum atomic E-state index is 0.959. The van der Waals surface area contributed by atoms with Crippen LogP contribution in [0.5, 0.6) is 0 Å². The summed E-state index contributed by atoms with van der Waals surface area (Å²) in [5.74, 6) is 0. The van der Waals surface area contributed by atoms with Crippen molar-refractivity contribution in [3.8, 4) is 0 Å². The molecule has 1 heterocycles. The molecular formula is C12H16N2. The van der Waals surface area contributed by atoms with Gasteiger partial charge < -0.3 is 10.6 Å². The van der Waals surface area contributed by atoms with Crippen LogP contribution in [-0.2, 0) is 0 Å². The van der Waals surface area contributed by atoms with Crippen LogP contribution in [-0.4, -0.2) is 19.6 Å². The van der Waals surface area contributed by atoms with Crippen LogP contribution in [0.15, 0.2) is 41.5 Å². The predicted molar refractivity (Wildman–Crippen MR) is 60.5 cm³/mol. The van der Waals surface area contributed by atoms with Crippen molar-refractivity contribution in [1.29, 1.82) is 0 Å². The summed E-state index contributed by atoms with van der Waals surface area (Å²) in [6, 6.07) is 10.3. The Morgan fingerprint density at radius 1 is 1.29 bits per heavy atom. The van der Waals surface area contributed by atoms with Gasteiger partial charge in [0.25, 0.3) is 0 Å². The summed E-state index contributed by atoms with van der Waals surface area (Å²) in [7, 11) is 0. The van der Waals surface area contributed by atoms with Gasteiger partial charge in [-0.05, 0) is 24.6 Å². The van der Waals surface area contributed by atoms with Crippen LogP contribution < -0.4 is 10.6 Å². The molecule has 14 heavy (non-hydrogen) atoms. The van der Waals surface area contributed by atoms with Crippen LogP contribution in [0.3, 0.4) is 0 Å². The van der Waals surface area contributed by atoms with Crippen molar-refractivity contribution in [1.82, 2.24) is 5.32 Å². The van der Waals surface area contributed by atoms with E-state index in [0.29, 0.717) is 0 Å². The van der Waals surface area contributed by atoms with Crippen molar-refractivity contribution in [2.24, 2.45) is 0 Å². The fourth-order valence-electron chi connectivity index (χ4n) is 1.47. The minimum absolute atomic E-state index is 0.959. The molecule has 1 aliphatic rings. The largest absolute Gasteiger partial charge is 0.381 e. The molecular weight excluding hydrogens is 172 g/mol. The van der Waals surface area contributed by atoms with Gasteiger partial charge in [0, 0.05) is 25.3 Å². The Kier molecular flexibility index (Phi) is 2.84. The summed E-state index contributed by atoms with van der Waals surface area (Å²) < 4.78 is 0. The smallest absolute Gasteiger partial charge is 0.0361 e. The Labute approximate surface area is 85.0 Å². The van der Waals surface area contributed by atoms with Crippen molar-refractivity contribution in [2.75, 3.05) is 25.0 Å². The van der Waals surface area contributed by atoms with Crippen molar-refractivity contribution in [3.05, 3.63) is 41.5 Å². The van der Waals surface area contributed by atoms with E-state index in [2.05, 4.69) is 41.8 Å². The second kappa shape index (κ2) is 4.29. The molecule has 1 saturated heterocycles. The molecule has 1 fully saturated rings. The molecule has 0 unspecified atom stereocenters. The summed E-state index contributed by atoms with van der Waals surface area (Å²) in [4.78, 5) is 0. The molecule has 0 aromatic heterocycles. The molecule has 2 N–H and O–H groups in total. The predicted octanol–water partition coefficient (Wildman–Crippen LogP) is 2.02. The molecule has 0 bridgehead atoms. The van der Waals surface area contributed by atoms with Crippen molar-refractivity contribution in [3.63, 3.8) is 0 Å². The second-order valence-electron chi connectivity index (χ2n) is 3.71. The molecule has 0 amide bonds. The van der Waals surface area contributed by atoms with Crippen molar-refractivity contribution < 1.29 is 0 Å². The number of rotatable bonds is 3. The maximum absolute atomic E-state index is 3.41. The monoisotopic (exact) mass is 188 g/mol. The maximum Gasteiger partial charge on any atom is 0.0361 e. The summed E-state index contributed by atoms with van der Waals surface area (Å²) in [5, 5.41) is 6.66. The minimum Gasteiger partial charge on any atom is -0.381 e. The van der Waals surface area contributed by atoms with Crippen molar-refractivity contribution in [2.45, 2.75) is 6.92 Å². The van der Waals surface area contributed by atoms with Gasteiger partial charge >= 0.3 is 0 Å². The lowest BCUT2D eigenvalue weighted by molar-refractivity contribution is 0.656. The maximum atomic E-state index is 3.41. The topological polar surface area (TPSA) is 24.1 Å². The molecule has 0 spiro atoms. The Morgan fingerprint density at radius 3 is 2.57 bits per heavy atom. The second-order valence-corrected chi connectivity index (χ2v) is 3.71. The summed E-state index contributed by atoms with van der Waals surface area (Å²) in [6.45, 7) is 5.30. The van der Waals surface area contributed by atoms with Crippen LogP contribution >= 0.6 is 0 Å². The van der Waals surface area contributed by atoms with Crippen LogP contribution in [0.1, 0.15) is 6.92 Å². The molecule has 2 rings (SSSR count). The lowest BCUT2D eigenvalue weighted by Crippen LogP contribution is -2.35. The van der Waals surface area contributed by atoms with Gasteiger partial charge in [0.05, 0.1) is 0 Å². The Balaban J connectivity index is 1.88. The number of hydrogen-bond acceptors (Lipinski definition) is 2. The number of para-hydroxylation sites is 1. The van der Waals surface area contributed by atoms with E-state index in [1.165, 1.54) is 11.3 Å². The number of hydrogen-bond donors (Lipinski definition) is 2. The van der Waals surface area contributed by atoms with Gasteiger partial charge in [-0.2, -0.15) is 0 Å². The molecule has 2 nitrogen and oxygen atoms in total. The zero-order chi connectivity index (χ0) is 9.80. The average Bonchev–Trinajstić information content (AvgIpc) is 2.14. The molecule has 0 atom stereocenters. The lowest BCUT2D eigenvalue weighted by atomic mass is 10.0. The summed E-state index contributed by atoms with van der Waals surface area (Å²) in [6.07, 6.45) is 0. The fraction of sp³-hybridized carbons (Fsp3) is 0.333. The highest BCUT2D eigenvalue weighted by molar-refractivity contribution is 5.44. The zero-order valence-corrected chi connectivity index (χ0v) is 8.51. The summed E-state index contributed by atoms with van der Waals surface area (Å²) in [5.41, 5.74) is 4.21. The molecule has 0 saturated carbocycles. The highest BCUT2D eigenvalue weighted by Crippen LogP contribution is 2.11. The molecule has 1 aliphatic heterocycles. The van der Waals surface area contributed by atoms with Gasteiger partial charge in [0.15, 0.2) is 0 Å². The first kappa shape index (κ1) is 9.28. The van der Waals surface area contributed by atoms with E-state index >= 15 is 0 Å². The molecule has 74 valence electrons. The number of nitrogens with one attached hydrogen (secondary N) is 2. The first-order valence-corrected chi connectivity index (χ1v) is 5.03. The third-order valence-corrected chi connectivity index (χ3v) is 2.61. The quantitative estimate of drug-likeness (QED) is 0.709. The van der Waals surface area contributed by atoms with Crippen LogP contribution in [0, 0.1) is 0 Å². The highest BCUT2D eigenvalue weighted by Gasteiger charge is 2.09. The van der Waals surface area contributed by atoms with E-state index in [1.807, 2.05) is 6.07 Å². The first-order chi connectivity index (χ1) is 6.86. The van der Waals surface area contributed by atoms with E-state index in [0.717, 1.165) is 19.6 Å².